The molecule has 1 unspecified atom stereocenters. The molecule has 0 spiro atoms. The Labute approximate surface area is 138 Å². The average molecular weight is 358 g/mol. The molecule has 1 saturated heterocycles. The molecule has 1 fully saturated rings. The number of aromatic nitrogens is 2. The van der Waals surface area contributed by atoms with Crippen molar-refractivity contribution < 1.29 is 0 Å². The monoisotopic (exact) mass is 357 g/mol. The van der Waals surface area contributed by atoms with Crippen molar-refractivity contribution in [1.82, 2.24) is 9.97 Å². The maximum atomic E-state index is 9.31. The summed E-state index contributed by atoms with van der Waals surface area (Å²) in [5, 5.41) is 12.7. The van der Waals surface area contributed by atoms with Crippen LogP contribution in [0, 0.1) is 11.3 Å². The van der Waals surface area contributed by atoms with Crippen molar-refractivity contribution in [2.24, 2.45) is 0 Å². The molecule has 1 N–H and O–H groups in total. The van der Waals surface area contributed by atoms with Crippen molar-refractivity contribution >= 4 is 27.6 Å². The van der Waals surface area contributed by atoms with E-state index < -0.39 is 0 Å². The van der Waals surface area contributed by atoms with E-state index in [-0.39, 0.29) is 6.04 Å². The second-order valence-electron chi connectivity index (χ2n) is 5.28. The molecule has 22 heavy (non-hydrogen) atoms. The van der Waals surface area contributed by atoms with Crippen molar-refractivity contribution in [3.8, 4) is 6.07 Å². The molecule has 112 valence electrons. The van der Waals surface area contributed by atoms with E-state index in [1.54, 1.807) is 18.5 Å². The number of anilines is 2. The number of benzene rings is 1. The summed E-state index contributed by atoms with van der Waals surface area (Å²) in [5.41, 5.74) is 1.69. The molecule has 6 heteroatoms. The van der Waals surface area contributed by atoms with Gasteiger partial charge >= 0.3 is 0 Å². The van der Waals surface area contributed by atoms with Crippen LogP contribution in [-0.2, 0) is 0 Å². The van der Waals surface area contributed by atoms with Gasteiger partial charge in [0.2, 0.25) is 5.95 Å². The normalized spacial score (nSPS) is 17.8. The number of nitrogens with one attached hydrogen (secondary N) is 1. The Balaban J connectivity index is 1.76. The van der Waals surface area contributed by atoms with Crippen molar-refractivity contribution in [2.75, 3.05) is 23.3 Å². The molecule has 0 aliphatic carbocycles. The molecule has 2 aromatic rings. The number of nitrogens with zero attached hydrogens (tertiary/aromatic N) is 4. The first kappa shape index (κ1) is 14.8. The second-order valence-corrected chi connectivity index (χ2v) is 6.19. The Bertz CT molecular complexity index is 683. The van der Waals surface area contributed by atoms with Gasteiger partial charge in [0.25, 0.3) is 0 Å². The van der Waals surface area contributed by atoms with Crippen molar-refractivity contribution in [1.29, 1.82) is 5.26 Å². The molecule has 0 saturated carbocycles. The van der Waals surface area contributed by atoms with Crippen molar-refractivity contribution in [3.63, 3.8) is 0 Å². The summed E-state index contributed by atoms with van der Waals surface area (Å²) < 4.78 is 0.989. The summed E-state index contributed by atoms with van der Waals surface area (Å²) in [4.78, 5) is 10.7. The number of halogens is 1. The highest BCUT2D eigenvalue weighted by Gasteiger charge is 2.22. The van der Waals surface area contributed by atoms with E-state index in [1.807, 2.05) is 18.2 Å². The molecule has 1 aliphatic heterocycles. The summed E-state index contributed by atoms with van der Waals surface area (Å²) in [7, 11) is 0. The van der Waals surface area contributed by atoms with E-state index in [0.717, 1.165) is 36.1 Å². The summed E-state index contributed by atoms with van der Waals surface area (Å²) >= 11 is 3.49. The molecule has 0 amide bonds. The van der Waals surface area contributed by atoms with Crippen LogP contribution in [0.4, 0.5) is 11.6 Å². The van der Waals surface area contributed by atoms with Gasteiger partial charge in [0.15, 0.2) is 0 Å². The predicted molar refractivity (Wildman–Crippen MR) is 89.7 cm³/mol. The van der Waals surface area contributed by atoms with Gasteiger partial charge in [-0.2, -0.15) is 5.26 Å². The van der Waals surface area contributed by atoms with Crippen LogP contribution in [-0.4, -0.2) is 29.1 Å². The number of piperidine rings is 1. The van der Waals surface area contributed by atoms with Crippen LogP contribution < -0.4 is 10.2 Å². The van der Waals surface area contributed by atoms with Gasteiger partial charge in [-0.25, -0.2) is 9.97 Å². The van der Waals surface area contributed by atoms with Gasteiger partial charge in [-0.1, -0.05) is 15.9 Å². The lowest BCUT2D eigenvalue weighted by atomic mass is 10.0. The fraction of sp³-hybridized carbons (Fsp3) is 0.312. The molecular formula is C16H16BrN5. The van der Waals surface area contributed by atoms with Crippen LogP contribution in [0.15, 0.2) is 41.1 Å². The lowest BCUT2D eigenvalue weighted by molar-refractivity contribution is 0.527. The van der Waals surface area contributed by atoms with Crippen molar-refractivity contribution in [2.45, 2.75) is 18.9 Å². The van der Waals surface area contributed by atoms with Gasteiger partial charge in [0, 0.05) is 36.0 Å². The molecule has 2 heterocycles. The van der Waals surface area contributed by atoms with Gasteiger partial charge < -0.3 is 10.2 Å². The minimum Gasteiger partial charge on any atom is -0.368 e. The summed E-state index contributed by atoms with van der Waals surface area (Å²) in [6.07, 6.45) is 5.61. The Morgan fingerprint density at radius 3 is 2.91 bits per heavy atom. The van der Waals surface area contributed by atoms with Crippen LogP contribution >= 0.6 is 15.9 Å². The zero-order chi connectivity index (χ0) is 15.4. The second kappa shape index (κ2) is 6.75. The van der Waals surface area contributed by atoms with Gasteiger partial charge in [0.1, 0.15) is 6.07 Å². The zero-order valence-corrected chi connectivity index (χ0v) is 13.6. The Morgan fingerprint density at radius 1 is 1.32 bits per heavy atom. The van der Waals surface area contributed by atoms with Crippen LogP contribution in [0.5, 0.6) is 0 Å². The summed E-state index contributed by atoms with van der Waals surface area (Å²) in [5.74, 6) is 0.657. The van der Waals surface area contributed by atoms with E-state index in [0.29, 0.717) is 11.5 Å². The van der Waals surface area contributed by atoms with Gasteiger partial charge in [0.05, 0.1) is 11.3 Å². The lowest BCUT2D eigenvalue weighted by Crippen LogP contribution is -2.42. The van der Waals surface area contributed by atoms with Gasteiger partial charge in [-0.05, 0) is 37.1 Å². The SMILES string of the molecule is N#Cc1ccc(Br)cc1N1CCCC(Nc2ncccn2)C1. The van der Waals surface area contributed by atoms with Gasteiger partial charge in [-0.15, -0.1) is 0 Å². The number of rotatable bonds is 3. The van der Waals surface area contributed by atoms with E-state index >= 15 is 0 Å². The van der Waals surface area contributed by atoms with E-state index in [1.165, 1.54) is 0 Å². The number of hydrogen-bond donors (Lipinski definition) is 1. The van der Waals surface area contributed by atoms with Crippen LogP contribution in [0.3, 0.4) is 0 Å². The molecule has 0 radical (unpaired) electrons. The molecule has 1 aromatic heterocycles. The number of hydrogen-bond acceptors (Lipinski definition) is 5. The van der Waals surface area contributed by atoms with E-state index in [2.05, 4.69) is 42.2 Å². The fourth-order valence-electron chi connectivity index (χ4n) is 2.73. The predicted octanol–water partition coefficient (Wildman–Crippen LogP) is 3.19. The van der Waals surface area contributed by atoms with E-state index in [9.17, 15) is 5.26 Å². The molecule has 0 bridgehead atoms. The minimum atomic E-state index is 0.279. The third-order valence-electron chi connectivity index (χ3n) is 3.74. The maximum absolute atomic E-state index is 9.31. The van der Waals surface area contributed by atoms with Gasteiger partial charge in [-0.3, -0.25) is 0 Å². The zero-order valence-electron chi connectivity index (χ0n) is 12.0. The molecule has 1 aliphatic rings. The third-order valence-corrected chi connectivity index (χ3v) is 4.23. The first-order valence-corrected chi connectivity index (χ1v) is 8.04. The molecule has 3 rings (SSSR count). The van der Waals surface area contributed by atoms with Crippen LogP contribution in [0.1, 0.15) is 18.4 Å². The Hall–Kier alpha value is -2.13. The average Bonchev–Trinajstić information content (AvgIpc) is 2.56. The number of nitriles is 1. The highest BCUT2D eigenvalue weighted by atomic mass is 79.9. The molecule has 1 aromatic carbocycles. The molecule has 1 atom stereocenters. The first-order chi connectivity index (χ1) is 10.8. The van der Waals surface area contributed by atoms with Crippen molar-refractivity contribution in [3.05, 3.63) is 46.7 Å². The standard InChI is InChI=1S/C16H16BrN5/c17-13-5-4-12(10-18)15(9-13)22-8-1-3-14(11-22)21-16-19-6-2-7-20-16/h2,4-7,9,14H,1,3,8,11H2,(H,19,20,21). The smallest absolute Gasteiger partial charge is 0.222 e. The van der Waals surface area contributed by atoms with E-state index in [4.69, 9.17) is 0 Å². The molecular weight excluding hydrogens is 342 g/mol. The fourth-order valence-corrected chi connectivity index (χ4v) is 3.08. The highest BCUT2D eigenvalue weighted by molar-refractivity contribution is 9.10. The largest absolute Gasteiger partial charge is 0.368 e. The first-order valence-electron chi connectivity index (χ1n) is 7.24. The Kier molecular flexibility index (Phi) is 4.54. The summed E-state index contributed by atoms with van der Waals surface area (Å²) in [6.45, 7) is 1.79. The minimum absolute atomic E-state index is 0.279. The topological polar surface area (TPSA) is 64.8 Å². The maximum Gasteiger partial charge on any atom is 0.222 e. The third kappa shape index (κ3) is 3.37. The lowest BCUT2D eigenvalue weighted by Gasteiger charge is -2.35. The van der Waals surface area contributed by atoms with Crippen LogP contribution in [0.2, 0.25) is 0 Å². The quantitative estimate of drug-likeness (QED) is 0.913. The summed E-state index contributed by atoms with van der Waals surface area (Å²) in [6, 6.07) is 10.1. The van der Waals surface area contributed by atoms with Crippen LogP contribution in [0.25, 0.3) is 0 Å². The molecule has 5 nitrogen and oxygen atoms in total. The highest BCUT2D eigenvalue weighted by Crippen LogP contribution is 2.27. The Morgan fingerprint density at radius 2 is 2.14 bits per heavy atom.